The van der Waals surface area contributed by atoms with Crippen molar-refractivity contribution >= 4 is 11.6 Å². The highest BCUT2D eigenvalue weighted by atomic mass is 19.4. The molecule has 2 rings (SSSR count). The summed E-state index contributed by atoms with van der Waals surface area (Å²) in [5.74, 6) is 0.117. The zero-order valence-electron chi connectivity index (χ0n) is 13.9. The summed E-state index contributed by atoms with van der Waals surface area (Å²) in [6.07, 6.45) is -4.52. The maximum Gasteiger partial charge on any atom is 0.416 e. The summed E-state index contributed by atoms with van der Waals surface area (Å²) in [6, 6.07) is 12.3. The number of para-hydroxylation sites is 1. The number of carbonyl (C=O) groups excluding carboxylic acids is 1. The molecular formula is C18H19F3N2O3. The van der Waals surface area contributed by atoms with Crippen LogP contribution in [0.15, 0.2) is 48.5 Å². The average molecular weight is 368 g/mol. The lowest BCUT2D eigenvalue weighted by Gasteiger charge is -2.12. The molecule has 140 valence electrons. The Morgan fingerprint density at radius 3 is 2.46 bits per heavy atom. The van der Waals surface area contributed by atoms with E-state index in [1.165, 1.54) is 6.07 Å². The predicted molar refractivity (Wildman–Crippen MR) is 90.7 cm³/mol. The van der Waals surface area contributed by atoms with E-state index in [4.69, 9.17) is 15.2 Å². The number of rotatable bonds is 8. The lowest BCUT2D eigenvalue weighted by molar-refractivity contribution is -0.137. The lowest BCUT2D eigenvalue weighted by Crippen LogP contribution is -2.21. The van der Waals surface area contributed by atoms with Crippen molar-refractivity contribution in [2.75, 3.05) is 25.1 Å². The van der Waals surface area contributed by atoms with E-state index in [1.807, 2.05) is 18.2 Å². The van der Waals surface area contributed by atoms with Crippen LogP contribution in [-0.2, 0) is 22.3 Å². The third-order valence-electron chi connectivity index (χ3n) is 3.31. The molecule has 3 N–H and O–H groups in total. The second-order valence-corrected chi connectivity index (χ2v) is 5.38. The van der Waals surface area contributed by atoms with Crippen LogP contribution in [0.1, 0.15) is 11.1 Å². The average Bonchev–Trinajstić information content (AvgIpc) is 2.61. The number of alkyl halides is 3. The number of anilines is 1. The highest BCUT2D eigenvalue weighted by Crippen LogP contribution is 2.31. The van der Waals surface area contributed by atoms with Gasteiger partial charge in [-0.05, 0) is 35.9 Å². The first kappa shape index (κ1) is 19.7. The molecule has 0 fully saturated rings. The summed E-state index contributed by atoms with van der Waals surface area (Å²) in [4.78, 5) is 11.8. The van der Waals surface area contributed by atoms with Crippen molar-refractivity contribution in [3.05, 3.63) is 59.7 Å². The van der Waals surface area contributed by atoms with Crippen molar-refractivity contribution in [2.45, 2.75) is 12.7 Å². The Kier molecular flexibility index (Phi) is 6.99. The Morgan fingerprint density at radius 2 is 1.81 bits per heavy atom. The monoisotopic (exact) mass is 368 g/mol. The quantitative estimate of drug-likeness (QED) is 0.702. The van der Waals surface area contributed by atoms with Gasteiger partial charge in [0.15, 0.2) is 0 Å². The molecule has 2 aromatic carbocycles. The van der Waals surface area contributed by atoms with E-state index in [0.717, 1.165) is 12.1 Å². The molecule has 0 aromatic heterocycles. The van der Waals surface area contributed by atoms with E-state index >= 15 is 0 Å². The van der Waals surface area contributed by atoms with Gasteiger partial charge in [0.05, 0.1) is 12.2 Å². The summed E-state index contributed by atoms with van der Waals surface area (Å²) < 4.78 is 49.1. The molecule has 0 radical (unpaired) electrons. The summed E-state index contributed by atoms with van der Waals surface area (Å²) in [5.41, 5.74) is 4.83. The highest BCUT2D eigenvalue weighted by Gasteiger charge is 2.31. The van der Waals surface area contributed by atoms with Crippen LogP contribution in [0.25, 0.3) is 0 Å². The first-order valence-corrected chi connectivity index (χ1v) is 7.85. The first-order valence-electron chi connectivity index (χ1n) is 7.85. The molecule has 0 aliphatic rings. The Hall–Kier alpha value is -2.58. The van der Waals surface area contributed by atoms with Gasteiger partial charge in [-0.15, -0.1) is 0 Å². The van der Waals surface area contributed by atoms with Crippen LogP contribution in [0.5, 0.6) is 5.75 Å². The molecule has 0 unspecified atom stereocenters. The molecule has 2 aromatic rings. The van der Waals surface area contributed by atoms with E-state index in [9.17, 15) is 18.0 Å². The number of ether oxygens (including phenoxy) is 2. The number of halogens is 3. The third-order valence-corrected chi connectivity index (χ3v) is 3.31. The minimum absolute atomic E-state index is 0.0226. The van der Waals surface area contributed by atoms with Crippen molar-refractivity contribution < 1.29 is 27.4 Å². The molecule has 1 amide bonds. The van der Waals surface area contributed by atoms with E-state index in [-0.39, 0.29) is 37.6 Å². The molecule has 0 spiro atoms. The number of nitrogens with two attached hydrogens (primary N) is 1. The van der Waals surface area contributed by atoms with Crippen molar-refractivity contribution in [1.29, 1.82) is 0 Å². The Bertz CT molecular complexity index is 721. The lowest BCUT2D eigenvalue weighted by atomic mass is 10.1. The largest absolute Gasteiger partial charge is 0.491 e. The molecule has 0 atom stereocenters. The maximum atomic E-state index is 12.9. The second-order valence-electron chi connectivity index (χ2n) is 5.38. The SMILES string of the molecule is NCc1cc(NC(=O)COCCOc2ccccc2)cc(C(F)(F)F)c1. The molecule has 26 heavy (non-hydrogen) atoms. The van der Waals surface area contributed by atoms with E-state index in [0.29, 0.717) is 5.75 Å². The first-order chi connectivity index (χ1) is 12.4. The second kappa shape index (κ2) is 9.21. The van der Waals surface area contributed by atoms with E-state index in [2.05, 4.69) is 5.32 Å². The standard InChI is InChI=1S/C18H19F3N2O3/c19-18(20,21)14-8-13(11-22)9-15(10-14)23-17(24)12-25-6-7-26-16-4-2-1-3-5-16/h1-5,8-10H,6-7,11-12,22H2,(H,23,24). The fourth-order valence-electron chi connectivity index (χ4n) is 2.14. The number of nitrogens with one attached hydrogen (secondary N) is 1. The van der Waals surface area contributed by atoms with Gasteiger partial charge >= 0.3 is 6.18 Å². The van der Waals surface area contributed by atoms with E-state index in [1.54, 1.807) is 12.1 Å². The maximum absolute atomic E-state index is 12.9. The minimum atomic E-state index is -4.52. The third kappa shape index (κ3) is 6.38. The fourth-order valence-corrected chi connectivity index (χ4v) is 2.14. The fraction of sp³-hybridized carbons (Fsp3) is 0.278. The normalized spacial score (nSPS) is 11.2. The van der Waals surface area contributed by atoms with Crippen molar-refractivity contribution in [2.24, 2.45) is 5.73 Å². The van der Waals surface area contributed by atoms with Gasteiger partial charge in [0, 0.05) is 12.2 Å². The summed E-state index contributed by atoms with van der Waals surface area (Å²) in [7, 11) is 0. The molecule has 0 saturated heterocycles. The van der Waals surface area contributed by atoms with Crippen LogP contribution in [-0.4, -0.2) is 25.7 Å². The zero-order valence-corrected chi connectivity index (χ0v) is 13.9. The van der Waals surface area contributed by atoms with Gasteiger partial charge in [-0.25, -0.2) is 0 Å². The summed E-state index contributed by atoms with van der Waals surface area (Å²) in [5, 5.41) is 2.38. The van der Waals surface area contributed by atoms with Gasteiger partial charge in [0.1, 0.15) is 19.0 Å². The van der Waals surface area contributed by atoms with Gasteiger partial charge in [-0.1, -0.05) is 18.2 Å². The Labute approximate surface area is 148 Å². The molecule has 0 aliphatic heterocycles. The van der Waals surface area contributed by atoms with Crippen molar-refractivity contribution in [1.82, 2.24) is 0 Å². The minimum Gasteiger partial charge on any atom is -0.491 e. The van der Waals surface area contributed by atoms with Gasteiger partial charge in [0.2, 0.25) is 5.91 Å². The number of amides is 1. The van der Waals surface area contributed by atoms with Crippen LogP contribution in [0, 0.1) is 0 Å². The summed E-state index contributed by atoms with van der Waals surface area (Å²) >= 11 is 0. The predicted octanol–water partition coefficient (Wildman–Crippen LogP) is 3.20. The van der Waals surface area contributed by atoms with Gasteiger partial charge in [-0.3, -0.25) is 4.79 Å². The molecule has 0 saturated carbocycles. The molecule has 0 heterocycles. The van der Waals surface area contributed by atoms with Crippen LogP contribution < -0.4 is 15.8 Å². The van der Waals surface area contributed by atoms with Crippen LogP contribution in [0.4, 0.5) is 18.9 Å². The topological polar surface area (TPSA) is 73.6 Å². The van der Waals surface area contributed by atoms with Crippen molar-refractivity contribution in [3.63, 3.8) is 0 Å². The molecule has 0 aliphatic carbocycles. The van der Waals surface area contributed by atoms with Crippen LogP contribution >= 0.6 is 0 Å². The van der Waals surface area contributed by atoms with Gasteiger partial charge in [-0.2, -0.15) is 13.2 Å². The zero-order chi connectivity index (χ0) is 19.0. The Morgan fingerprint density at radius 1 is 1.08 bits per heavy atom. The number of benzene rings is 2. The molecule has 5 nitrogen and oxygen atoms in total. The smallest absolute Gasteiger partial charge is 0.416 e. The summed E-state index contributed by atoms with van der Waals surface area (Å²) in [6.45, 7) is 0.0452. The van der Waals surface area contributed by atoms with E-state index < -0.39 is 17.6 Å². The number of hydrogen-bond acceptors (Lipinski definition) is 4. The van der Waals surface area contributed by atoms with Gasteiger partial charge < -0.3 is 20.5 Å². The van der Waals surface area contributed by atoms with Crippen molar-refractivity contribution in [3.8, 4) is 5.75 Å². The number of carbonyl (C=O) groups is 1. The number of hydrogen-bond donors (Lipinski definition) is 2. The molecule has 8 heteroatoms. The molecular weight excluding hydrogens is 349 g/mol. The Balaban J connectivity index is 1.80. The van der Waals surface area contributed by atoms with Gasteiger partial charge in [0.25, 0.3) is 0 Å². The molecule has 0 bridgehead atoms. The highest BCUT2D eigenvalue weighted by molar-refractivity contribution is 5.91. The van der Waals surface area contributed by atoms with Crippen LogP contribution in [0.3, 0.4) is 0 Å². The van der Waals surface area contributed by atoms with Crippen LogP contribution in [0.2, 0.25) is 0 Å².